The lowest BCUT2D eigenvalue weighted by Gasteiger charge is -2.32. The smallest absolute Gasteiger partial charge is 0.410 e. The van der Waals surface area contributed by atoms with Crippen molar-refractivity contribution in [3.63, 3.8) is 0 Å². The molecule has 2 heterocycles. The fraction of sp³-hybridized carbons (Fsp3) is 0.500. The molecular weight excluding hydrogens is 424 g/mol. The van der Waals surface area contributed by atoms with Crippen molar-refractivity contribution in [3.05, 3.63) is 41.7 Å². The van der Waals surface area contributed by atoms with Crippen molar-refractivity contribution in [1.82, 2.24) is 19.8 Å². The van der Waals surface area contributed by atoms with Crippen LogP contribution in [0.4, 0.5) is 4.79 Å². The van der Waals surface area contributed by atoms with Gasteiger partial charge in [-0.2, -0.15) is 0 Å². The van der Waals surface area contributed by atoms with Crippen LogP contribution in [0.3, 0.4) is 0 Å². The molecule has 0 saturated carbocycles. The highest BCUT2D eigenvalue weighted by Crippen LogP contribution is 2.28. The molecule has 2 aromatic rings. The molecule has 1 aromatic carbocycles. The molecule has 0 bridgehead atoms. The second-order valence-corrected chi connectivity index (χ2v) is 10.3. The van der Waals surface area contributed by atoms with E-state index in [0.717, 1.165) is 5.56 Å². The predicted octanol–water partition coefficient (Wildman–Crippen LogP) is 3.53. The maximum Gasteiger partial charge on any atom is 0.410 e. The number of imidazole rings is 1. The molecule has 2 N–H and O–H groups in total. The molecule has 1 unspecified atom stereocenters. The van der Waals surface area contributed by atoms with Crippen LogP contribution in [0.1, 0.15) is 57.7 Å². The van der Waals surface area contributed by atoms with E-state index in [2.05, 4.69) is 10.3 Å². The number of fused-ring (bicyclic) bond motifs is 1. The average Bonchev–Trinajstić information content (AvgIpc) is 3.09. The van der Waals surface area contributed by atoms with Gasteiger partial charge < -0.3 is 24.6 Å². The Bertz CT molecular complexity index is 1050. The van der Waals surface area contributed by atoms with E-state index in [4.69, 9.17) is 4.74 Å². The van der Waals surface area contributed by atoms with E-state index in [1.807, 2.05) is 34.9 Å². The number of nitrogens with zero attached hydrogens (tertiary/aromatic N) is 3. The normalized spacial score (nSPS) is 14.9. The number of nitrogens with one attached hydrogen (secondary N) is 1. The number of hydrogen-bond acceptors (Lipinski definition) is 5. The molecule has 1 aliphatic rings. The summed E-state index contributed by atoms with van der Waals surface area (Å²) in [5.41, 5.74) is 0.130. The second-order valence-electron chi connectivity index (χ2n) is 10.3. The Hall–Kier alpha value is -3.36. The monoisotopic (exact) mass is 456 g/mol. The number of carboxylic acid groups (broad SMARTS) is 1. The van der Waals surface area contributed by atoms with Gasteiger partial charge in [-0.15, -0.1) is 0 Å². The minimum Gasteiger partial charge on any atom is -0.480 e. The number of hydrogen-bond donors (Lipinski definition) is 2. The predicted molar refractivity (Wildman–Crippen MR) is 123 cm³/mol. The Labute approximate surface area is 193 Å². The number of ether oxygens (including phenoxy) is 1. The van der Waals surface area contributed by atoms with Gasteiger partial charge in [0.15, 0.2) is 5.69 Å². The van der Waals surface area contributed by atoms with Gasteiger partial charge in [-0.05, 0) is 26.2 Å². The van der Waals surface area contributed by atoms with Gasteiger partial charge in [0.05, 0.1) is 12.2 Å². The fourth-order valence-electron chi connectivity index (χ4n) is 3.69. The number of benzene rings is 1. The van der Waals surface area contributed by atoms with Crippen LogP contribution < -0.4 is 5.32 Å². The number of aromatic nitrogens is 2. The molecule has 33 heavy (non-hydrogen) atoms. The van der Waals surface area contributed by atoms with Gasteiger partial charge in [0.2, 0.25) is 0 Å². The molecule has 0 fully saturated rings. The first-order chi connectivity index (χ1) is 15.3. The van der Waals surface area contributed by atoms with Gasteiger partial charge in [-0.3, -0.25) is 4.79 Å². The summed E-state index contributed by atoms with van der Waals surface area (Å²) < 4.78 is 7.42. The summed E-state index contributed by atoms with van der Waals surface area (Å²) in [4.78, 5) is 43.8. The molecule has 0 spiro atoms. The Morgan fingerprint density at radius 1 is 1.06 bits per heavy atom. The van der Waals surface area contributed by atoms with Crippen molar-refractivity contribution < 1.29 is 24.2 Å². The molecule has 2 amide bonds. The van der Waals surface area contributed by atoms with Crippen molar-refractivity contribution in [2.75, 3.05) is 6.54 Å². The maximum atomic E-state index is 13.2. The van der Waals surface area contributed by atoms with Crippen LogP contribution in [-0.2, 0) is 22.6 Å². The van der Waals surface area contributed by atoms with Gasteiger partial charge >= 0.3 is 12.1 Å². The molecule has 1 aromatic heterocycles. The van der Waals surface area contributed by atoms with Gasteiger partial charge in [0, 0.05) is 18.7 Å². The van der Waals surface area contributed by atoms with Crippen molar-refractivity contribution in [3.8, 4) is 11.4 Å². The Kier molecular flexibility index (Phi) is 6.53. The Morgan fingerprint density at radius 2 is 1.70 bits per heavy atom. The summed E-state index contributed by atoms with van der Waals surface area (Å²) in [7, 11) is 0. The summed E-state index contributed by atoms with van der Waals surface area (Å²) in [5.74, 6) is -1.11. The minimum atomic E-state index is -1.12. The van der Waals surface area contributed by atoms with Gasteiger partial charge in [-0.1, -0.05) is 51.1 Å². The molecular formula is C24H32N4O5. The lowest BCUT2D eigenvalue weighted by atomic mass is 9.86. The molecule has 0 aliphatic carbocycles. The van der Waals surface area contributed by atoms with Crippen LogP contribution in [0, 0.1) is 5.41 Å². The van der Waals surface area contributed by atoms with E-state index in [0.29, 0.717) is 24.6 Å². The lowest BCUT2D eigenvalue weighted by molar-refractivity contribution is -0.142. The topological polar surface area (TPSA) is 114 Å². The highest BCUT2D eigenvalue weighted by Gasteiger charge is 2.36. The maximum absolute atomic E-state index is 13.2. The van der Waals surface area contributed by atoms with Crippen LogP contribution in [0.15, 0.2) is 30.3 Å². The summed E-state index contributed by atoms with van der Waals surface area (Å²) in [5, 5.41) is 12.3. The quantitative estimate of drug-likeness (QED) is 0.728. The SMILES string of the molecule is CC(C)(C)OC(=O)N1CCn2c(-c3ccccc3)nc(C(=O)NC(C(=O)O)C(C)(C)C)c2C1. The minimum absolute atomic E-state index is 0.109. The first kappa shape index (κ1) is 24.3. The standard InChI is InChI=1S/C24H32N4O5/c1-23(2,3)18(21(30)31)26-20(29)17-16-14-27(22(32)33-24(4,5)6)12-13-28(16)19(25-17)15-10-8-7-9-11-15/h7-11,18H,12-14H2,1-6H3,(H,26,29)(H,30,31). The van der Waals surface area contributed by atoms with E-state index < -0.39 is 35.0 Å². The van der Waals surface area contributed by atoms with Crippen LogP contribution in [-0.4, -0.2) is 55.7 Å². The fourth-order valence-corrected chi connectivity index (χ4v) is 3.69. The molecule has 9 heteroatoms. The van der Waals surface area contributed by atoms with E-state index in [9.17, 15) is 19.5 Å². The molecule has 0 saturated heterocycles. The first-order valence-corrected chi connectivity index (χ1v) is 10.9. The van der Waals surface area contributed by atoms with E-state index >= 15 is 0 Å². The number of carbonyl (C=O) groups excluding carboxylic acids is 2. The highest BCUT2D eigenvalue weighted by atomic mass is 16.6. The van der Waals surface area contributed by atoms with Gasteiger partial charge in [0.25, 0.3) is 5.91 Å². The number of carboxylic acids is 1. The Morgan fingerprint density at radius 3 is 2.24 bits per heavy atom. The van der Waals surface area contributed by atoms with Crippen LogP contribution >= 0.6 is 0 Å². The number of aliphatic carboxylic acids is 1. The van der Waals surface area contributed by atoms with Crippen molar-refractivity contribution in [1.29, 1.82) is 0 Å². The summed E-state index contributed by atoms with van der Waals surface area (Å²) in [6.07, 6.45) is -0.472. The highest BCUT2D eigenvalue weighted by molar-refractivity contribution is 5.97. The van der Waals surface area contributed by atoms with Gasteiger partial charge in [0.1, 0.15) is 17.5 Å². The summed E-state index contributed by atoms with van der Waals surface area (Å²) in [6.45, 7) is 11.6. The van der Waals surface area contributed by atoms with Crippen LogP contribution in [0.2, 0.25) is 0 Å². The van der Waals surface area contributed by atoms with E-state index in [1.165, 1.54) is 4.90 Å². The average molecular weight is 457 g/mol. The zero-order valence-electron chi connectivity index (χ0n) is 20.0. The lowest BCUT2D eigenvalue weighted by Crippen LogP contribution is -2.49. The van der Waals surface area contributed by atoms with Crippen molar-refractivity contribution >= 4 is 18.0 Å². The molecule has 0 radical (unpaired) electrons. The number of rotatable bonds is 4. The molecule has 3 rings (SSSR count). The third-order valence-electron chi connectivity index (χ3n) is 5.29. The first-order valence-electron chi connectivity index (χ1n) is 10.9. The second kappa shape index (κ2) is 8.88. The third-order valence-corrected chi connectivity index (χ3v) is 5.29. The Balaban J connectivity index is 2.00. The third kappa shape index (κ3) is 5.53. The van der Waals surface area contributed by atoms with Crippen LogP contribution in [0.5, 0.6) is 0 Å². The largest absolute Gasteiger partial charge is 0.480 e. The van der Waals surface area contributed by atoms with E-state index in [-0.39, 0.29) is 12.2 Å². The summed E-state index contributed by atoms with van der Waals surface area (Å²) >= 11 is 0. The molecule has 9 nitrogen and oxygen atoms in total. The van der Waals surface area contributed by atoms with Crippen molar-refractivity contribution in [2.24, 2.45) is 5.41 Å². The summed E-state index contributed by atoms with van der Waals surface area (Å²) in [6, 6.07) is 8.34. The number of amides is 2. The molecule has 1 atom stereocenters. The molecule has 1 aliphatic heterocycles. The molecule has 178 valence electrons. The zero-order valence-corrected chi connectivity index (χ0v) is 20.0. The number of carbonyl (C=O) groups is 3. The van der Waals surface area contributed by atoms with E-state index in [1.54, 1.807) is 41.5 Å². The van der Waals surface area contributed by atoms with Gasteiger partial charge in [-0.25, -0.2) is 14.6 Å². The van der Waals surface area contributed by atoms with Crippen LogP contribution in [0.25, 0.3) is 11.4 Å². The zero-order chi connectivity index (χ0) is 24.6. The van der Waals surface area contributed by atoms with Crippen molar-refractivity contribution in [2.45, 2.75) is 66.3 Å².